The molecule has 1 aliphatic heterocycles. The van der Waals surface area contributed by atoms with Crippen molar-refractivity contribution in [3.63, 3.8) is 0 Å². The van der Waals surface area contributed by atoms with Crippen molar-refractivity contribution in [3.05, 3.63) is 29.8 Å². The van der Waals surface area contributed by atoms with Crippen LogP contribution in [-0.4, -0.2) is 22.8 Å². The molecular formula is C14H20INS. The normalized spacial score (nSPS) is 18.3. The smallest absolute Gasteiger partial charge is 0.0260 e. The summed E-state index contributed by atoms with van der Waals surface area (Å²) in [5.41, 5.74) is 1.54. The van der Waals surface area contributed by atoms with Crippen LogP contribution in [0.5, 0.6) is 0 Å². The number of hydrogen-bond donors (Lipinski definition) is 1. The fraction of sp³-hybridized carbons (Fsp3) is 0.571. The third-order valence-electron chi connectivity index (χ3n) is 3.07. The van der Waals surface area contributed by atoms with Crippen LogP contribution >= 0.6 is 34.4 Å². The number of hydrogen-bond acceptors (Lipinski definition) is 2. The summed E-state index contributed by atoms with van der Waals surface area (Å²) in [5.74, 6) is 0. The Labute approximate surface area is 122 Å². The highest BCUT2D eigenvalue weighted by Gasteiger charge is 2.20. The van der Waals surface area contributed by atoms with E-state index in [0.29, 0.717) is 0 Å². The number of thioether (sulfide) groups is 1. The molecule has 0 fully saturated rings. The van der Waals surface area contributed by atoms with Gasteiger partial charge >= 0.3 is 0 Å². The number of benzene rings is 1. The maximum atomic E-state index is 3.60. The van der Waals surface area contributed by atoms with Gasteiger partial charge in [0.2, 0.25) is 0 Å². The summed E-state index contributed by atoms with van der Waals surface area (Å²) in [6.45, 7) is 2.34. The first-order valence-electron chi connectivity index (χ1n) is 6.41. The van der Waals surface area contributed by atoms with Crippen molar-refractivity contribution in [2.24, 2.45) is 0 Å². The standard InChI is InChI=1S/C14H20INS/c15-8-4-1-5-9-16-11-13-10-12-6-2-3-7-14(12)17-13/h2-3,6-7,13,16H,1,4-5,8-11H2. The van der Waals surface area contributed by atoms with Crippen molar-refractivity contribution in [1.82, 2.24) is 5.32 Å². The predicted octanol–water partition coefficient (Wildman–Crippen LogP) is 3.90. The molecule has 3 heteroatoms. The number of fused-ring (bicyclic) bond motifs is 1. The van der Waals surface area contributed by atoms with Crippen LogP contribution in [0, 0.1) is 0 Å². The quantitative estimate of drug-likeness (QED) is 0.449. The molecule has 1 unspecified atom stereocenters. The van der Waals surface area contributed by atoms with Crippen LogP contribution in [0.4, 0.5) is 0 Å². The molecule has 1 aromatic rings. The van der Waals surface area contributed by atoms with Crippen LogP contribution in [0.2, 0.25) is 0 Å². The van der Waals surface area contributed by atoms with Crippen LogP contribution < -0.4 is 5.32 Å². The van der Waals surface area contributed by atoms with Gasteiger partial charge in [-0.15, -0.1) is 11.8 Å². The molecule has 17 heavy (non-hydrogen) atoms. The average Bonchev–Trinajstić information content (AvgIpc) is 2.76. The van der Waals surface area contributed by atoms with Crippen molar-refractivity contribution in [2.75, 3.05) is 17.5 Å². The van der Waals surface area contributed by atoms with Gasteiger partial charge in [-0.3, -0.25) is 0 Å². The van der Waals surface area contributed by atoms with E-state index in [0.717, 1.165) is 11.8 Å². The molecule has 0 spiro atoms. The molecule has 1 N–H and O–H groups in total. The molecule has 2 rings (SSSR count). The van der Waals surface area contributed by atoms with E-state index in [1.54, 1.807) is 0 Å². The van der Waals surface area contributed by atoms with Gasteiger partial charge in [0.05, 0.1) is 0 Å². The minimum atomic E-state index is 0.747. The first kappa shape index (κ1) is 13.7. The number of halogens is 1. The highest BCUT2D eigenvalue weighted by molar-refractivity contribution is 14.1. The van der Waals surface area contributed by atoms with Gasteiger partial charge in [-0.1, -0.05) is 47.2 Å². The molecular weight excluding hydrogens is 341 g/mol. The van der Waals surface area contributed by atoms with Gasteiger partial charge in [-0.05, 0) is 41.9 Å². The Kier molecular flexibility index (Phi) is 6.15. The molecule has 0 amide bonds. The number of unbranched alkanes of at least 4 members (excludes halogenated alkanes) is 2. The van der Waals surface area contributed by atoms with E-state index in [9.17, 15) is 0 Å². The molecule has 1 aromatic carbocycles. The van der Waals surface area contributed by atoms with Crippen LogP contribution in [0.25, 0.3) is 0 Å². The Morgan fingerprint density at radius 3 is 2.94 bits per heavy atom. The van der Waals surface area contributed by atoms with Crippen LogP contribution in [0.3, 0.4) is 0 Å². The van der Waals surface area contributed by atoms with Crippen LogP contribution in [0.1, 0.15) is 24.8 Å². The molecule has 1 nitrogen and oxygen atoms in total. The van der Waals surface area contributed by atoms with Crippen molar-refractivity contribution >= 4 is 34.4 Å². The fourth-order valence-corrected chi connectivity index (χ4v) is 3.97. The van der Waals surface area contributed by atoms with Gasteiger partial charge in [0.1, 0.15) is 0 Å². The topological polar surface area (TPSA) is 12.0 Å². The maximum absolute atomic E-state index is 3.60. The second-order valence-corrected chi connectivity index (χ2v) is 6.93. The van der Waals surface area contributed by atoms with Crippen molar-refractivity contribution in [1.29, 1.82) is 0 Å². The zero-order valence-corrected chi connectivity index (χ0v) is 13.1. The molecule has 0 bridgehead atoms. The summed E-state index contributed by atoms with van der Waals surface area (Å²) in [5, 5.41) is 4.34. The van der Waals surface area contributed by atoms with E-state index in [-0.39, 0.29) is 0 Å². The number of nitrogens with one attached hydrogen (secondary N) is 1. The highest BCUT2D eigenvalue weighted by Crippen LogP contribution is 2.36. The zero-order chi connectivity index (χ0) is 11.9. The van der Waals surface area contributed by atoms with Gasteiger partial charge in [0, 0.05) is 16.7 Å². The summed E-state index contributed by atoms with van der Waals surface area (Å²) < 4.78 is 1.30. The van der Waals surface area contributed by atoms with E-state index in [2.05, 4.69) is 52.2 Å². The van der Waals surface area contributed by atoms with Gasteiger partial charge in [0.15, 0.2) is 0 Å². The lowest BCUT2D eigenvalue weighted by Crippen LogP contribution is -2.25. The third kappa shape index (κ3) is 4.45. The van der Waals surface area contributed by atoms with Gasteiger partial charge in [-0.2, -0.15) is 0 Å². The van der Waals surface area contributed by atoms with E-state index in [1.807, 2.05) is 11.8 Å². The summed E-state index contributed by atoms with van der Waals surface area (Å²) in [6, 6.07) is 8.81. The van der Waals surface area contributed by atoms with Gasteiger partial charge < -0.3 is 5.32 Å². The minimum absolute atomic E-state index is 0.747. The lowest BCUT2D eigenvalue weighted by atomic mass is 10.1. The molecule has 0 radical (unpaired) electrons. The van der Waals surface area contributed by atoms with Crippen LogP contribution in [-0.2, 0) is 6.42 Å². The molecule has 0 saturated heterocycles. The Bertz CT molecular complexity index is 318. The van der Waals surface area contributed by atoms with E-state index in [1.165, 1.54) is 47.1 Å². The summed E-state index contributed by atoms with van der Waals surface area (Å²) in [7, 11) is 0. The molecule has 94 valence electrons. The lowest BCUT2D eigenvalue weighted by Gasteiger charge is -2.09. The average molecular weight is 361 g/mol. The minimum Gasteiger partial charge on any atom is -0.316 e. The first-order valence-corrected chi connectivity index (χ1v) is 8.82. The summed E-state index contributed by atoms with van der Waals surface area (Å²) in [6.07, 6.45) is 5.30. The maximum Gasteiger partial charge on any atom is 0.0260 e. The Balaban J connectivity index is 1.60. The molecule has 0 aliphatic carbocycles. The van der Waals surface area contributed by atoms with Gasteiger partial charge in [-0.25, -0.2) is 0 Å². The van der Waals surface area contributed by atoms with Crippen LogP contribution in [0.15, 0.2) is 29.2 Å². The predicted molar refractivity (Wildman–Crippen MR) is 85.4 cm³/mol. The molecule has 0 aromatic heterocycles. The molecule has 1 aliphatic rings. The lowest BCUT2D eigenvalue weighted by molar-refractivity contribution is 0.610. The van der Waals surface area contributed by atoms with E-state index < -0.39 is 0 Å². The second-order valence-electron chi connectivity index (χ2n) is 4.51. The highest BCUT2D eigenvalue weighted by atomic mass is 127. The van der Waals surface area contributed by atoms with Gasteiger partial charge in [0.25, 0.3) is 0 Å². The molecule has 1 atom stereocenters. The van der Waals surface area contributed by atoms with Crippen molar-refractivity contribution in [2.45, 2.75) is 35.8 Å². The molecule has 0 saturated carbocycles. The fourth-order valence-electron chi connectivity index (χ4n) is 2.15. The monoisotopic (exact) mass is 361 g/mol. The Morgan fingerprint density at radius 2 is 2.12 bits per heavy atom. The Hall–Kier alpha value is 0.260. The Morgan fingerprint density at radius 1 is 1.24 bits per heavy atom. The molecule has 1 heterocycles. The zero-order valence-electron chi connectivity index (χ0n) is 10.1. The van der Waals surface area contributed by atoms with Crippen molar-refractivity contribution in [3.8, 4) is 0 Å². The second kappa shape index (κ2) is 7.64. The third-order valence-corrected chi connectivity index (χ3v) is 5.15. The largest absolute Gasteiger partial charge is 0.316 e. The number of rotatable bonds is 7. The first-order chi connectivity index (χ1) is 8.40. The summed E-state index contributed by atoms with van der Waals surface area (Å²) >= 11 is 4.50. The van der Waals surface area contributed by atoms with E-state index in [4.69, 9.17) is 0 Å². The number of alkyl halides is 1. The van der Waals surface area contributed by atoms with Crippen molar-refractivity contribution < 1.29 is 0 Å². The summed E-state index contributed by atoms with van der Waals surface area (Å²) in [4.78, 5) is 1.49. The SMILES string of the molecule is ICCCCCNCC1Cc2ccccc2S1. The van der Waals surface area contributed by atoms with E-state index >= 15 is 0 Å².